The Kier molecular flexibility index (Phi) is 5.17. The molecule has 0 unspecified atom stereocenters. The summed E-state index contributed by atoms with van der Waals surface area (Å²) >= 11 is 0. The zero-order valence-corrected chi connectivity index (χ0v) is 17.7. The number of nitrogens with zero attached hydrogens (tertiary/aromatic N) is 2. The number of benzene rings is 3. The Labute approximate surface area is 177 Å². The third kappa shape index (κ3) is 3.99. The summed E-state index contributed by atoms with van der Waals surface area (Å²) in [6.07, 6.45) is 3.79. The SMILES string of the molecule is CC1=CC(C)(C)N(C)c2cc(F)c(C=Nc3ccc(Oc4ccccc4)cc3)cc21. The highest BCUT2D eigenvalue weighted by Gasteiger charge is 2.29. The van der Waals surface area contributed by atoms with Crippen LogP contribution in [0, 0.1) is 5.82 Å². The summed E-state index contributed by atoms with van der Waals surface area (Å²) in [5.41, 5.74) is 4.13. The lowest BCUT2D eigenvalue weighted by Gasteiger charge is -2.40. The number of fused-ring (bicyclic) bond motifs is 1. The number of likely N-dealkylation sites (N-methyl/N-ethyl adjacent to an activating group) is 1. The highest BCUT2D eigenvalue weighted by atomic mass is 19.1. The monoisotopic (exact) mass is 400 g/mol. The second kappa shape index (κ2) is 7.79. The van der Waals surface area contributed by atoms with E-state index in [4.69, 9.17) is 4.74 Å². The van der Waals surface area contributed by atoms with Crippen LogP contribution >= 0.6 is 0 Å². The molecule has 0 aliphatic carbocycles. The zero-order chi connectivity index (χ0) is 21.3. The molecule has 0 spiro atoms. The van der Waals surface area contributed by atoms with Crippen LogP contribution in [0.1, 0.15) is 31.9 Å². The van der Waals surface area contributed by atoms with Crippen LogP contribution in [-0.2, 0) is 0 Å². The Morgan fingerprint density at radius 2 is 1.63 bits per heavy atom. The van der Waals surface area contributed by atoms with E-state index in [2.05, 4.69) is 36.7 Å². The molecule has 1 heterocycles. The first-order valence-corrected chi connectivity index (χ1v) is 9.98. The molecule has 1 aliphatic heterocycles. The first-order chi connectivity index (χ1) is 14.3. The predicted octanol–water partition coefficient (Wildman–Crippen LogP) is 7.00. The van der Waals surface area contributed by atoms with Gasteiger partial charge < -0.3 is 9.64 Å². The summed E-state index contributed by atoms with van der Waals surface area (Å²) in [4.78, 5) is 6.56. The van der Waals surface area contributed by atoms with Crippen LogP contribution in [0.5, 0.6) is 11.5 Å². The van der Waals surface area contributed by atoms with Gasteiger partial charge in [-0.3, -0.25) is 4.99 Å². The second-order valence-corrected chi connectivity index (χ2v) is 8.10. The summed E-state index contributed by atoms with van der Waals surface area (Å²) in [7, 11) is 1.99. The quantitative estimate of drug-likeness (QED) is 0.440. The van der Waals surface area contributed by atoms with Crippen molar-refractivity contribution in [2.24, 2.45) is 4.99 Å². The van der Waals surface area contributed by atoms with Crippen molar-refractivity contribution >= 4 is 23.2 Å². The molecule has 0 fully saturated rings. The van der Waals surface area contributed by atoms with Gasteiger partial charge in [0.05, 0.1) is 11.2 Å². The number of hydrogen-bond donors (Lipinski definition) is 0. The van der Waals surface area contributed by atoms with E-state index < -0.39 is 0 Å². The lowest BCUT2D eigenvalue weighted by molar-refractivity contribution is 0.483. The van der Waals surface area contributed by atoms with Crippen molar-refractivity contribution in [1.29, 1.82) is 0 Å². The van der Waals surface area contributed by atoms with Crippen LogP contribution in [0.3, 0.4) is 0 Å². The number of allylic oxidation sites excluding steroid dienone is 1. The molecule has 4 heteroatoms. The van der Waals surface area contributed by atoms with Gasteiger partial charge in [0.2, 0.25) is 0 Å². The van der Waals surface area contributed by atoms with Crippen LogP contribution in [0.4, 0.5) is 15.8 Å². The fourth-order valence-corrected chi connectivity index (χ4v) is 3.66. The van der Waals surface area contributed by atoms with E-state index in [0.29, 0.717) is 5.56 Å². The highest BCUT2D eigenvalue weighted by Crippen LogP contribution is 2.38. The maximum atomic E-state index is 14.8. The minimum atomic E-state index is -0.279. The average molecular weight is 400 g/mol. The van der Waals surface area contributed by atoms with E-state index in [1.165, 1.54) is 0 Å². The van der Waals surface area contributed by atoms with Gasteiger partial charge in [-0.25, -0.2) is 4.39 Å². The molecular formula is C26H25FN2O. The molecule has 152 valence electrons. The Balaban J connectivity index is 1.55. The van der Waals surface area contributed by atoms with Crippen molar-refractivity contribution in [3.63, 3.8) is 0 Å². The van der Waals surface area contributed by atoms with Crippen molar-refractivity contribution < 1.29 is 9.13 Å². The van der Waals surface area contributed by atoms with Gasteiger partial charge in [-0.2, -0.15) is 0 Å². The molecule has 0 saturated heterocycles. The number of halogens is 1. The van der Waals surface area contributed by atoms with Crippen LogP contribution in [0.25, 0.3) is 5.57 Å². The van der Waals surface area contributed by atoms with E-state index in [9.17, 15) is 4.39 Å². The molecule has 3 aromatic rings. The van der Waals surface area contributed by atoms with Gasteiger partial charge in [-0.1, -0.05) is 24.3 Å². The maximum absolute atomic E-state index is 14.8. The van der Waals surface area contributed by atoms with Crippen molar-refractivity contribution in [3.05, 3.63) is 89.8 Å². The molecule has 0 aromatic heterocycles. The lowest BCUT2D eigenvalue weighted by Crippen LogP contribution is -2.42. The van der Waals surface area contributed by atoms with Crippen LogP contribution in [-0.4, -0.2) is 18.8 Å². The molecule has 0 bridgehead atoms. The van der Waals surface area contributed by atoms with Gasteiger partial charge in [0, 0.05) is 30.1 Å². The largest absolute Gasteiger partial charge is 0.457 e. The highest BCUT2D eigenvalue weighted by molar-refractivity contribution is 5.89. The van der Waals surface area contributed by atoms with Gasteiger partial charge in [0.15, 0.2) is 0 Å². The molecule has 3 nitrogen and oxygen atoms in total. The minimum Gasteiger partial charge on any atom is -0.457 e. The molecule has 4 rings (SSSR count). The molecule has 1 aliphatic rings. The smallest absolute Gasteiger partial charge is 0.134 e. The summed E-state index contributed by atoms with van der Waals surface area (Å²) < 4.78 is 20.6. The average Bonchev–Trinajstić information content (AvgIpc) is 2.72. The van der Waals surface area contributed by atoms with Crippen LogP contribution in [0.15, 0.2) is 77.8 Å². The van der Waals surface area contributed by atoms with Crippen molar-refractivity contribution in [3.8, 4) is 11.5 Å². The fourth-order valence-electron chi connectivity index (χ4n) is 3.66. The number of hydrogen-bond acceptors (Lipinski definition) is 3. The van der Waals surface area contributed by atoms with Crippen LogP contribution in [0.2, 0.25) is 0 Å². The van der Waals surface area contributed by atoms with E-state index in [1.807, 2.05) is 67.7 Å². The number of rotatable bonds is 4. The standard InChI is InChI=1S/C26H25FN2O/c1-18-16-26(2,3)29(4)25-15-24(27)19(14-23(18)25)17-28-20-10-12-22(13-11-20)30-21-8-6-5-7-9-21/h5-17H,1-4H3. The van der Waals surface area contributed by atoms with Gasteiger partial charge in [0.1, 0.15) is 17.3 Å². The normalized spacial score (nSPS) is 15.1. The van der Waals surface area contributed by atoms with Gasteiger partial charge in [-0.05, 0) is 74.9 Å². The molecule has 3 aromatic carbocycles. The molecule has 0 saturated carbocycles. The molecule has 0 atom stereocenters. The van der Waals surface area contributed by atoms with Gasteiger partial charge >= 0.3 is 0 Å². The molecule has 0 N–H and O–H groups in total. The van der Waals surface area contributed by atoms with E-state index in [0.717, 1.165) is 34.0 Å². The van der Waals surface area contributed by atoms with E-state index in [1.54, 1.807) is 12.3 Å². The maximum Gasteiger partial charge on any atom is 0.134 e. The third-order valence-corrected chi connectivity index (χ3v) is 5.50. The van der Waals surface area contributed by atoms with Crippen molar-refractivity contribution in [1.82, 2.24) is 0 Å². The Hall–Kier alpha value is -3.40. The molecule has 30 heavy (non-hydrogen) atoms. The fraction of sp³-hybridized carbons (Fsp3) is 0.192. The summed E-state index contributed by atoms with van der Waals surface area (Å²) in [5.74, 6) is 1.23. The van der Waals surface area contributed by atoms with E-state index in [-0.39, 0.29) is 11.4 Å². The third-order valence-electron chi connectivity index (χ3n) is 5.50. The zero-order valence-electron chi connectivity index (χ0n) is 17.7. The lowest BCUT2D eigenvalue weighted by atomic mass is 9.88. The van der Waals surface area contributed by atoms with Crippen molar-refractivity contribution in [2.75, 3.05) is 11.9 Å². The van der Waals surface area contributed by atoms with Crippen molar-refractivity contribution in [2.45, 2.75) is 26.3 Å². The summed E-state index contributed by atoms with van der Waals surface area (Å²) in [6.45, 7) is 6.31. The number of para-hydroxylation sites is 1. The number of aliphatic imine (C=N–C) groups is 1. The van der Waals surface area contributed by atoms with Crippen LogP contribution < -0.4 is 9.64 Å². The Morgan fingerprint density at radius 1 is 0.967 bits per heavy atom. The van der Waals surface area contributed by atoms with Gasteiger partial charge in [-0.15, -0.1) is 0 Å². The second-order valence-electron chi connectivity index (χ2n) is 8.10. The van der Waals surface area contributed by atoms with E-state index >= 15 is 0 Å². The number of ether oxygens (including phenoxy) is 1. The molecule has 0 amide bonds. The Bertz CT molecular complexity index is 1120. The summed E-state index contributed by atoms with van der Waals surface area (Å²) in [6, 6.07) is 20.5. The first kappa shape index (κ1) is 19.9. The molecular weight excluding hydrogens is 375 g/mol. The minimum absolute atomic E-state index is 0.150. The first-order valence-electron chi connectivity index (χ1n) is 9.98. The number of anilines is 1. The summed E-state index contributed by atoms with van der Waals surface area (Å²) in [5, 5.41) is 0. The van der Waals surface area contributed by atoms with Gasteiger partial charge in [0.25, 0.3) is 0 Å². The molecule has 0 radical (unpaired) electrons. The Morgan fingerprint density at radius 3 is 2.33 bits per heavy atom. The predicted molar refractivity (Wildman–Crippen MR) is 123 cm³/mol. The topological polar surface area (TPSA) is 24.8 Å².